The van der Waals surface area contributed by atoms with Crippen LogP contribution in [0.3, 0.4) is 0 Å². The van der Waals surface area contributed by atoms with Gasteiger partial charge in [-0.05, 0) is 23.8 Å². The van der Waals surface area contributed by atoms with E-state index < -0.39 is 23.7 Å². The second kappa shape index (κ2) is 7.09. The van der Waals surface area contributed by atoms with E-state index in [1.807, 2.05) is 0 Å². The smallest absolute Gasteiger partial charge is 0.308 e. The zero-order valence-corrected chi connectivity index (χ0v) is 13.3. The molecule has 9 heteroatoms. The third kappa shape index (κ3) is 3.72. The van der Waals surface area contributed by atoms with E-state index >= 15 is 0 Å². The number of aromatic nitrogens is 2. The van der Waals surface area contributed by atoms with Gasteiger partial charge in [-0.1, -0.05) is 12.1 Å². The number of carbonyl (C=O) groups excluding carboxylic acids is 2. The highest BCUT2D eigenvalue weighted by molar-refractivity contribution is 6.00. The molecule has 1 aromatic carbocycles. The Morgan fingerprint density at radius 1 is 1.19 bits per heavy atom. The number of carbonyl (C=O) groups is 2. The largest absolute Gasteiger partial charge is 0.349 e. The summed E-state index contributed by atoms with van der Waals surface area (Å²) in [4.78, 5) is 51.3. The van der Waals surface area contributed by atoms with Gasteiger partial charge < -0.3 is 15.3 Å². The highest BCUT2D eigenvalue weighted by atomic mass is 19.1. The fourth-order valence-corrected chi connectivity index (χ4v) is 2.53. The molecule has 0 fully saturated rings. The summed E-state index contributed by atoms with van der Waals surface area (Å²) in [5.74, 6) is -2.13. The summed E-state index contributed by atoms with van der Waals surface area (Å²) in [6, 6.07) is 6.88. The highest BCUT2D eigenvalue weighted by Crippen LogP contribution is 2.13. The molecule has 3 rings (SSSR count). The molecule has 3 aromatic rings. The number of fused-ring (bicyclic) bond motifs is 1. The van der Waals surface area contributed by atoms with E-state index in [2.05, 4.69) is 20.5 Å². The van der Waals surface area contributed by atoms with Crippen LogP contribution < -0.4 is 10.9 Å². The number of hydrogen-bond acceptors (Lipinski definition) is 4. The summed E-state index contributed by atoms with van der Waals surface area (Å²) >= 11 is 0. The number of benzene rings is 1. The van der Waals surface area contributed by atoms with Crippen molar-refractivity contribution in [2.24, 2.45) is 5.18 Å². The summed E-state index contributed by atoms with van der Waals surface area (Å²) < 4.78 is 13.0. The van der Waals surface area contributed by atoms with Crippen molar-refractivity contribution in [3.8, 4) is 0 Å². The van der Waals surface area contributed by atoms with Gasteiger partial charge in [0.25, 0.3) is 5.91 Å². The number of H-pyrrole nitrogens is 2. The number of hydrogen-bond donors (Lipinski definition) is 3. The minimum absolute atomic E-state index is 0.0185. The summed E-state index contributed by atoms with van der Waals surface area (Å²) in [7, 11) is 0. The van der Waals surface area contributed by atoms with E-state index in [9.17, 15) is 23.7 Å². The lowest BCUT2D eigenvalue weighted by Crippen LogP contribution is -2.41. The van der Waals surface area contributed by atoms with Crippen molar-refractivity contribution in [1.82, 2.24) is 15.3 Å². The van der Waals surface area contributed by atoms with Crippen LogP contribution >= 0.6 is 0 Å². The molecule has 3 N–H and O–H groups in total. The number of amides is 2. The molecule has 0 aliphatic heterocycles. The fourth-order valence-electron chi connectivity index (χ4n) is 2.53. The molecule has 0 aliphatic rings. The highest BCUT2D eigenvalue weighted by Gasteiger charge is 2.23. The van der Waals surface area contributed by atoms with Crippen molar-refractivity contribution in [2.45, 2.75) is 12.5 Å². The number of halogens is 1. The van der Waals surface area contributed by atoms with E-state index in [-0.39, 0.29) is 17.7 Å². The molecule has 132 valence electrons. The van der Waals surface area contributed by atoms with Crippen LogP contribution in [-0.4, -0.2) is 27.8 Å². The Hall–Kier alpha value is -3.62. The third-order valence-corrected chi connectivity index (χ3v) is 3.82. The van der Waals surface area contributed by atoms with E-state index in [0.717, 1.165) is 0 Å². The number of aromatic amines is 2. The Morgan fingerprint density at radius 3 is 2.62 bits per heavy atom. The first-order chi connectivity index (χ1) is 12.5. The second-order valence-corrected chi connectivity index (χ2v) is 5.64. The molecule has 26 heavy (non-hydrogen) atoms. The van der Waals surface area contributed by atoms with Gasteiger partial charge in [-0.25, -0.2) is 4.39 Å². The topological polar surface area (TPSA) is 124 Å². The van der Waals surface area contributed by atoms with Gasteiger partial charge >= 0.3 is 5.91 Å². The van der Waals surface area contributed by atoms with Crippen LogP contribution in [0.2, 0.25) is 0 Å². The standard InChI is InChI=1S/C17H13FN4O4/c18-11-3-1-9(2-4-11)5-12(17(25)22-26)21-16(24)13-6-10-7-15(23)19-8-14(10)20-13/h1-4,6-8,12,20H,5H2,(H,19,23)(H,21,24). The summed E-state index contributed by atoms with van der Waals surface area (Å²) in [6.45, 7) is 0. The quantitative estimate of drug-likeness (QED) is 0.601. The molecule has 0 bridgehead atoms. The fraction of sp³-hybridized carbons (Fsp3) is 0.118. The maximum absolute atomic E-state index is 13.0. The van der Waals surface area contributed by atoms with Crippen LogP contribution in [0, 0.1) is 10.7 Å². The molecule has 2 aromatic heterocycles. The maximum atomic E-state index is 13.0. The molecule has 2 amide bonds. The Kier molecular flexibility index (Phi) is 4.70. The van der Waals surface area contributed by atoms with Crippen molar-refractivity contribution in [1.29, 1.82) is 0 Å². The molecule has 1 atom stereocenters. The first-order valence-corrected chi connectivity index (χ1v) is 7.60. The van der Waals surface area contributed by atoms with E-state index in [1.165, 1.54) is 42.6 Å². The summed E-state index contributed by atoms with van der Waals surface area (Å²) in [6.07, 6.45) is 1.40. The van der Waals surface area contributed by atoms with Crippen molar-refractivity contribution < 1.29 is 14.0 Å². The van der Waals surface area contributed by atoms with Crippen molar-refractivity contribution in [2.75, 3.05) is 0 Å². The van der Waals surface area contributed by atoms with Crippen LogP contribution in [0.25, 0.3) is 10.9 Å². The minimum atomic E-state index is -1.20. The van der Waals surface area contributed by atoms with Gasteiger partial charge in [-0.15, -0.1) is 4.91 Å². The number of nitrogens with zero attached hydrogens (tertiary/aromatic N) is 1. The van der Waals surface area contributed by atoms with Crippen molar-refractivity contribution in [3.63, 3.8) is 0 Å². The Morgan fingerprint density at radius 2 is 1.92 bits per heavy atom. The third-order valence-electron chi connectivity index (χ3n) is 3.82. The van der Waals surface area contributed by atoms with Gasteiger partial charge in [0.2, 0.25) is 5.56 Å². The molecule has 0 saturated heterocycles. The van der Waals surface area contributed by atoms with Crippen LogP contribution in [0.15, 0.2) is 52.6 Å². The molecular formula is C17H13FN4O4. The predicted molar refractivity (Wildman–Crippen MR) is 91.1 cm³/mol. The average Bonchev–Trinajstić information content (AvgIpc) is 3.05. The number of pyridine rings is 1. The summed E-state index contributed by atoms with van der Waals surface area (Å²) in [5.41, 5.74) is 0.875. The van der Waals surface area contributed by atoms with Crippen molar-refractivity contribution >= 4 is 22.7 Å². The van der Waals surface area contributed by atoms with Gasteiger partial charge in [0.1, 0.15) is 17.6 Å². The molecule has 2 heterocycles. The lowest BCUT2D eigenvalue weighted by atomic mass is 10.1. The minimum Gasteiger partial charge on any atom is -0.349 e. The van der Waals surface area contributed by atoms with Gasteiger partial charge in [0.05, 0.1) is 5.52 Å². The molecule has 0 saturated carbocycles. The van der Waals surface area contributed by atoms with Crippen molar-refractivity contribution in [3.05, 3.63) is 74.9 Å². The number of nitroso groups, excluding NO2 is 1. The van der Waals surface area contributed by atoms with Crippen LogP contribution in [0.4, 0.5) is 4.39 Å². The van der Waals surface area contributed by atoms with Crippen LogP contribution in [0.1, 0.15) is 16.1 Å². The molecular weight excluding hydrogens is 343 g/mol. The van der Waals surface area contributed by atoms with E-state index in [1.54, 1.807) is 0 Å². The SMILES string of the molecule is O=NC(=O)C(Cc1ccc(F)cc1)NC(=O)c1cc2cc(=O)[nH]cc2[nH]1. The molecule has 1 unspecified atom stereocenters. The van der Waals surface area contributed by atoms with Crippen LogP contribution in [-0.2, 0) is 11.2 Å². The molecule has 0 spiro atoms. The molecule has 0 radical (unpaired) electrons. The molecule has 8 nitrogen and oxygen atoms in total. The summed E-state index contributed by atoms with van der Waals surface area (Å²) in [5, 5.41) is 5.32. The Bertz CT molecular complexity index is 1040. The Balaban J connectivity index is 1.81. The number of nitrogens with one attached hydrogen (secondary N) is 3. The van der Waals surface area contributed by atoms with Gasteiger partial charge in [0, 0.05) is 29.2 Å². The lowest BCUT2D eigenvalue weighted by Gasteiger charge is -2.14. The normalized spacial score (nSPS) is 11.9. The number of rotatable bonds is 5. The maximum Gasteiger partial charge on any atom is 0.308 e. The average molecular weight is 356 g/mol. The van der Waals surface area contributed by atoms with Gasteiger partial charge in [-0.2, -0.15) is 0 Å². The van der Waals surface area contributed by atoms with E-state index in [4.69, 9.17) is 0 Å². The lowest BCUT2D eigenvalue weighted by molar-refractivity contribution is -0.119. The van der Waals surface area contributed by atoms with Gasteiger partial charge in [0.15, 0.2) is 0 Å². The second-order valence-electron chi connectivity index (χ2n) is 5.64. The first-order valence-electron chi connectivity index (χ1n) is 7.60. The van der Waals surface area contributed by atoms with Gasteiger partial charge in [-0.3, -0.25) is 14.4 Å². The Labute approximate surface area is 145 Å². The zero-order valence-electron chi connectivity index (χ0n) is 13.3. The van der Waals surface area contributed by atoms with Crippen LogP contribution in [0.5, 0.6) is 0 Å². The molecule has 0 aliphatic carbocycles. The van der Waals surface area contributed by atoms with E-state index in [0.29, 0.717) is 16.5 Å². The predicted octanol–water partition coefficient (Wildman–Crippen LogP) is 1.63. The monoisotopic (exact) mass is 356 g/mol. The first kappa shape index (κ1) is 17.2. The zero-order chi connectivity index (χ0) is 18.7.